The lowest BCUT2D eigenvalue weighted by Crippen LogP contribution is -2.38. The summed E-state index contributed by atoms with van der Waals surface area (Å²) in [5.74, 6) is -0.968. The maximum Gasteiger partial charge on any atom is 0.178 e. The van der Waals surface area contributed by atoms with Gasteiger partial charge in [-0.2, -0.15) is 0 Å². The summed E-state index contributed by atoms with van der Waals surface area (Å²) in [6.45, 7) is 2.62. The Bertz CT molecular complexity index is 445. The molecule has 0 aromatic heterocycles. The molecule has 2 N–H and O–H groups in total. The van der Waals surface area contributed by atoms with Crippen LogP contribution in [0.5, 0.6) is 0 Å². The molecule has 4 nitrogen and oxygen atoms in total. The van der Waals surface area contributed by atoms with Gasteiger partial charge in [-0.15, -0.1) is 0 Å². The molecule has 1 aromatic carbocycles. The van der Waals surface area contributed by atoms with Gasteiger partial charge in [-0.3, -0.25) is 0 Å². The van der Waals surface area contributed by atoms with Crippen molar-refractivity contribution in [1.29, 1.82) is 0 Å². The fraction of sp³-hybridized carbons (Fsp3) is 0.500. The van der Waals surface area contributed by atoms with Crippen molar-refractivity contribution in [2.24, 2.45) is 5.92 Å². The van der Waals surface area contributed by atoms with Gasteiger partial charge in [0, 0.05) is 12.5 Å². The number of benzene rings is 1. The van der Waals surface area contributed by atoms with Gasteiger partial charge in [0.15, 0.2) is 9.84 Å². The van der Waals surface area contributed by atoms with Gasteiger partial charge in [-0.1, -0.05) is 18.2 Å². The first-order chi connectivity index (χ1) is 7.77. The molecule has 0 heterocycles. The summed E-state index contributed by atoms with van der Waals surface area (Å²) in [5, 5.41) is 18.9. The Morgan fingerprint density at radius 1 is 1.24 bits per heavy atom. The van der Waals surface area contributed by atoms with E-state index >= 15 is 0 Å². The number of aliphatic hydroxyl groups is 2. The van der Waals surface area contributed by atoms with Crippen molar-refractivity contribution < 1.29 is 18.6 Å². The summed E-state index contributed by atoms with van der Waals surface area (Å²) in [6, 6.07) is 8.04. The Labute approximate surface area is 102 Å². The van der Waals surface area contributed by atoms with E-state index in [-0.39, 0.29) is 17.3 Å². The molecule has 5 heteroatoms. The molecule has 1 aromatic rings. The van der Waals surface area contributed by atoms with Gasteiger partial charge in [0.25, 0.3) is 0 Å². The topological polar surface area (TPSA) is 74.6 Å². The van der Waals surface area contributed by atoms with Crippen LogP contribution in [0, 0.1) is 5.92 Å². The van der Waals surface area contributed by atoms with Crippen LogP contribution in [-0.4, -0.2) is 36.6 Å². The van der Waals surface area contributed by atoms with Crippen molar-refractivity contribution in [2.45, 2.75) is 24.3 Å². The van der Waals surface area contributed by atoms with E-state index in [0.29, 0.717) is 0 Å². The summed E-state index contributed by atoms with van der Waals surface area (Å²) in [5.41, 5.74) is -1.23. The second-order valence-electron chi connectivity index (χ2n) is 4.63. The monoisotopic (exact) mass is 258 g/mol. The minimum atomic E-state index is -3.47. The van der Waals surface area contributed by atoms with E-state index in [1.807, 2.05) is 0 Å². The molecule has 0 spiro atoms. The molecule has 0 aliphatic rings. The third-order valence-electron chi connectivity index (χ3n) is 2.74. The average molecular weight is 258 g/mol. The fourth-order valence-electron chi connectivity index (χ4n) is 1.47. The molecule has 0 fully saturated rings. The number of rotatable bonds is 5. The molecule has 0 saturated heterocycles. The molecule has 0 radical (unpaired) electrons. The molecule has 0 aliphatic carbocycles. The number of sulfone groups is 1. The second kappa shape index (κ2) is 5.16. The first-order valence-corrected chi connectivity index (χ1v) is 7.03. The number of aliphatic hydroxyl groups excluding tert-OH is 1. The van der Waals surface area contributed by atoms with Crippen molar-refractivity contribution in [3.05, 3.63) is 30.3 Å². The highest BCUT2D eigenvalue weighted by Crippen LogP contribution is 2.21. The zero-order chi connectivity index (χ0) is 13.1. The Balaban J connectivity index is 2.95. The fourth-order valence-corrected chi connectivity index (χ4v) is 3.28. The standard InChI is InChI=1S/C12H18O4S/c1-12(2,14)10(8-13)9-17(15,16)11-6-4-3-5-7-11/h3-7,10,13-14H,8-9H2,1-2H3/t10-/m0/s1. The van der Waals surface area contributed by atoms with Crippen LogP contribution in [0.4, 0.5) is 0 Å². The zero-order valence-corrected chi connectivity index (χ0v) is 10.8. The van der Waals surface area contributed by atoms with Gasteiger partial charge in [0.05, 0.1) is 16.2 Å². The van der Waals surface area contributed by atoms with Gasteiger partial charge in [-0.05, 0) is 26.0 Å². The van der Waals surface area contributed by atoms with Crippen LogP contribution in [0.2, 0.25) is 0 Å². The molecule has 0 unspecified atom stereocenters. The van der Waals surface area contributed by atoms with E-state index in [9.17, 15) is 13.5 Å². The number of hydrogen-bond acceptors (Lipinski definition) is 4. The van der Waals surface area contributed by atoms with Gasteiger partial charge < -0.3 is 10.2 Å². The summed E-state index contributed by atoms with van der Waals surface area (Å²) in [6.07, 6.45) is 0. The quantitative estimate of drug-likeness (QED) is 0.820. The van der Waals surface area contributed by atoms with Crippen molar-refractivity contribution in [1.82, 2.24) is 0 Å². The first-order valence-electron chi connectivity index (χ1n) is 5.38. The SMILES string of the molecule is CC(C)(O)[C@@H](CO)CS(=O)(=O)c1ccccc1. The third-order valence-corrected chi connectivity index (χ3v) is 4.57. The molecule has 0 saturated carbocycles. The highest BCUT2D eigenvalue weighted by Gasteiger charge is 2.31. The maximum atomic E-state index is 12.0. The predicted molar refractivity (Wildman–Crippen MR) is 65.4 cm³/mol. The van der Waals surface area contributed by atoms with E-state index in [1.54, 1.807) is 18.2 Å². The lowest BCUT2D eigenvalue weighted by Gasteiger charge is -2.27. The smallest absolute Gasteiger partial charge is 0.178 e. The Hall–Kier alpha value is -0.910. The largest absolute Gasteiger partial charge is 0.396 e. The second-order valence-corrected chi connectivity index (χ2v) is 6.66. The van der Waals surface area contributed by atoms with Crippen LogP contribution in [0.15, 0.2) is 35.2 Å². The van der Waals surface area contributed by atoms with E-state index in [0.717, 1.165) is 0 Å². The Morgan fingerprint density at radius 3 is 2.18 bits per heavy atom. The van der Waals surface area contributed by atoms with Crippen LogP contribution in [0.3, 0.4) is 0 Å². The van der Waals surface area contributed by atoms with E-state index in [4.69, 9.17) is 5.11 Å². The predicted octanol–water partition coefficient (Wildman–Crippen LogP) is 0.840. The normalized spacial score (nSPS) is 14.6. The molecule has 0 aliphatic heterocycles. The highest BCUT2D eigenvalue weighted by atomic mass is 32.2. The Morgan fingerprint density at radius 2 is 1.76 bits per heavy atom. The summed E-state index contributed by atoms with van der Waals surface area (Å²) >= 11 is 0. The van der Waals surface area contributed by atoms with Crippen molar-refractivity contribution in [2.75, 3.05) is 12.4 Å². The lowest BCUT2D eigenvalue weighted by molar-refractivity contribution is 0.00169. The van der Waals surface area contributed by atoms with Gasteiger partial charge in [-0.25, -0.2) is 8.42 Å². The molecular formula is C12H18O4S. The highest BCUT2D eigenvalue weighted by molar-refractivity contribution is 7.91. The van der Waals surface area contributed by atoms with Crippen molar-refractivity contribution in [3.63, 3.8) is 0 Å². The lowest BCUT2D eigenvalue weighted by atomic mass is 9.94. The van der Waals surface area contributed by atoms with Crippen LogP contribution in [0.1, 0.15) is 13.8 Å². The van der Waals surface area contributed by atoms with Crippen LogP contribution < -0.4 is 0 Å². The number of hydrogen-bond donors (Lipinski definition) is 2. The van der Waals surface area contributed by atoms with Crippen LogP contribution in [0.25, 0.3) is 0 Å². The average Bonchev–Trinajstić information content (AvgIpc) is 2.25. The molecule has 0 amide bonds. The van der Waals surface area contributed by atoms with Gasteiger partial charge in [0.2, 0.25) is 0 Å². The summed E-state index contributed by atoms with van der Waals surface area (Å²) in [7, 11) is -3.47. The van der Waals surface area contributed by atoms with Gasteiger partial charge in [0.1, 0.15) is 0 Å². The minimum Gasteiger partial charge on any atom is -0.396 e. The van der Waals surface area contributed by atoms with E-state index in [1.165, 1.54) is 26.0 Å². The zero-order valence-electron chi connectivity index (χ0n) is 10.00. The summed E-state index contributed by atoms with van der Waals surface area (Å²) < 4.78 is 24.1. The van der Waals surface area contributed by atoms with Crippen LogP contribution >= 0.6 is 0 Å². The van der Waals surface area contributed by atoms with Crippen molar-refractivity contribution in [3.8, 4) is 0 Å². The molecule has 1 atom stereocenters. The first kappa shape index (κ1) is 14.2. The van der Waals surface area contributed by atoms with E-state index < -0.39 is 21.4 Å². The Kier molecular flexibility index (Phi) is 4.30. The molecule has 96 valence electrons. The summed E-state index contributed by atoms with van der Waals surface area (Å²) in [4.78, 5) is 0.211. The molecule has 17 heavy (non-hydrogen) atoms. The van der Waals surface area contributed by atoms with Gasteiger partial charge >= 0.3 is 0 Å². The molecule has 1 rings (SSSR count). The van der Waals surface area contributed by atoms with E-state index in [2.05, 4.69) is 0 Å². The molecule has 0 bridgehead atoms. The van der Waals surface area contributed by atoms with Crippen molar-refractivity contribution >= 4 is 9.84 Å². The maximum absolute atomic E-state index is 12.0. The minimum absolute atomic E-state index is 0.211. The third kappa shape index (κ3) is 3.80. The van der Waals surface area contributed by atoms with Crippen LogP contribution in [-0.2, 0) is 9.84 Å². The molecular weight excluding hydrogens is 240 g/mol.